The molecule has 2 aliphatic rings. The van der Waals surface area contributed by atoms with Crippen molar-refractivity contribution in [1.29, 1.82) is 0 Å². The monoisotopic (exact) mass is 214 g/mol. The minimum absolute atomic E-state index is 0.0888. The van der Waals surface area contributed by atoms with Crippen molar-refractivity contribution in [3.8, 4) is 0 Å². The highest BCUT2D eigenvalue weighted by Crippen LogP contribution is 2.27. The largest absolute Gasteiger partial charge is 0.390 e. The van der Waals surface area contributed by atoms with Crippen LogP contribution in [0.4, 0.5) is 0 Å². The van der Waals surface area contributed by atoms with Gasteiger partial charge in [0.1, 0.15) is 6.10 Å². The number of hydrogen-bond acceptors (Lipinski definition) is 3. The van der Waals surface area contributed by atoms with E-state index in [1.165, 1.54) is 12.8 Å². The van der Waals surface area contributed by atoms with E-state index in [1.807, 2.05) is 0 Å². The van der Waals surface area contributed by atoms with E-state index in [0.717, 1.165) is 18.8 Å². The van der Waals surface area contributed by atoms with Gasteiger partial charge in [0.05, 0.1) is 18.8 Å². The van der Waals surface area contributed by atoms with Gasteiger partial charge in [-0.25, -0.2) is 0 Å². The summed E-state index contributed by atoms with van der Waals surface area (Å²) in [7, 11) is 0. The van der Waals surface area contributed by atoms with Crippen molar-refractivity contribution in [1.82, 2.24) is 0 Å². The van der Waals surface area contributed by atoms with E-state index < -0.39 is 0 Å². The second-order valence-corrected chi connectivity index (χ2v) is 5.00. The first-order chi connectivity index (χ1) is 7.25. The second kappa shape index (κ2) is 5.28. The molecule has 0 radical (unpaired) electrons. The highest BCUT2D eigenvalue weighted by molar-refractivity contribution is 4.77. The van der Waals surface area contributed by atoms with Crippen LogP contribution in [0.1, 0.15) is 39.0 Å². The van der Waals surface area contributed by atoms with Crippen molar-refractivity contribution in [3.05, 3.63) is 0 Å². The van der Waals surface area contributed by atoms with Crippen LogP contribution in [-0.2, 0) is 9.47 Å². The highest BCUT2D eigenvalue weighted by atomic mass is 16.6. The Bertz CT molecular complexity index is 195. The summed E-state index contributed by atoms with van der Waals surface area (Å²) >= 11 is 0. The van der Waals surface area contributed by atoms with Crippen LogP contribution in [0.2, 0.25) is 0 Å². The first-order valence-electron chi connectivity index (χ1n) is 6.17. The minimum Gasteiger partial charge on any atom is -0.390 e. The third-order valence-corrected chi connectivity index (χ3v) is 3.52. The molecule has 0 aromatic heterocycles. The van der Waals surface area contributed by atoms with Crippen molar-refractivity contribution in [2.24, 2.45) is 5.92 Å². The van der Waals surface area contributed by atoms with Crippen LogP contribution >= 0.6 is 0 Å². The number of ether oxygens (including phenoxy) is 2. The molecule has 1 aliphatic carbocycles. The van der Waals surface area contributed by atoms with Gasteiger partial charge in [-0.2, -0.15) is 0 Å². The van der Waals surface area contributed by atoms with Crippen molar-refractivity contribution < 1.29 is 14.6 Å². The average molecular weight is 214 g/mol. The third kappa shape index (κ3) is 3.16. The van der Waals surface area contributed by atoms with Gasteiger partial charge in [0, 0.05) is 6.61 Å². The normalized spacial score (nSPS) is 42.8. The van der Waals surface area contributed by atoms with Gasteiger partial charge >= 0.3 is 0 Å². The Morgan fingerprint density at radius 1 is 1.27 bits per heavy atom. The number of hydrogen-bond donors (Lipinski definition) is 1. The van der Waals surface area contributed by atoms with E-state index in [1.54, 1.807) is 0 Å². The molecule has 88 valence electrons. The molecule has 1 N–H and O–H groups in total. The third-order valence-electron chi connectivity index (χ3n) is 3.52. The van der Waals surface area contributed by atoms with Gasteiger partial charge in [-0.15, -0.1) is 0 Å². The fourth-order valence-corrected chi connectivity index (χ4v) is 2.58. The fraction of sp³-hybridized carbons (Fsp3) is 1.00. The van der Waals surface area contributed by atoms with E-state index in [0.29, 0.717) is 25.7 Å². The molecule has 3 heteroatoms. The summed E-state index contributed by atoms with van der Waals surface area (Å²) in [6.45, 7) is 3.51. The molecule has 1 aliphatic heterocycles. The first kappa shape index (κ1) is 11.4. The Labute approximate surface area is 91.8 Å². The summed E-state index contributed by atoms with van der Waals surface area (Å²) in [6, 6.07) is 0. The average Bonchev–Trinajstić information content (AvgIpc) is 2.22. The summed E-state index contributed by atoms with van der Waals surface area (Å²) in [4.78, 5) is 0. The standard InChI is InChI=1S/C12H22O3/c1-9-3-2-4-10(7-9)15-12-8-14-6-5-11(12)13/h9-13H,2-8H2,1H3. The molecule has 1 heterocycles. The zero-order chi connectivity index (χ0) is 10.7. The predicted molar refractivity (Wildman–Crippen MR) is 57.7 cm³/mol. The van der Waals surface area contributed by atoms with Gasteiger partial charge in [-0.1, -0.05) is 19.8 Å². The van der Waals surface area contributed by atoms with E-state index in [4.69, 9.17) is 9.47 Å². The van der Waals surface area contributed by atoms with Gasteiger partial charge in [-0.05, 0) is 25.2 Å². The molecule has 0 bridgehead atoms. The molecule has 0 amide bonds. The summed E-state index contributed by atoms with van der Waals surface area (Å²) < 4.78 is 11.3. The van der Waals surface area contributed by atoms with Gasteiger partial charge in [-0.3, -0.25) is 0 Å². The molecule has 4 atom stereocenters. The van der Waals surface area contributed by atoms with Crippen molar-refractivity contribution in [2.45, 2.75) is 57.3 Å². The van der Waals surface area contributed by atoms with Crippen LogP contribution in [-0.4, -0.2) is 36.6 Å². The summed E-state index contributed by atoms with van der Waals surface area (Å²) in [5.74, 6) is 0.769. The lowest BCUT2D eigenvalue weighted by Gasteiger charge is -2.34. The molecule has 3 nitrogen and oxygen atoms in total. The van der Waals surface area contributed by atoms with Gasteiger partial charge in [0.2, 0.25) is 0 Å². The molecule has 15 heavy (non-hydrogen) atoms. The number of aliphatic hydroxyl groups excluding tert-OH is 1. The van der Waals surface area contributed by atoms with Crippen LogP contribution in [0.3, 0.4) is 0 Å². The Balaban J connectivity index is 1.79. The van der Waals surface area contributed by atoms with Crippen molar-refractivity contribution in [2.75, 3.05) is 13.2 Å². The molecule has 0 spiro atoms. The topological polar surface area (TPSA) is 38.7 Å². The first-order valence-corrected chi connectivity index (χ1v) is 6.17. The lowest BCUT2D eigenvalue weighted by Crippen LogP contribution is -2.42. The molecule has 4 unspecified atom stereocenters. The quantitative estimate of drug-likeness (QED) is 0.761. The molecular weight excluding hydrogens is 192 g/mol. The summed E-state index contributed by atoms with van der Waals surface area (Å²) in [6.07, 6.45) is 5.52. The molecule has 0 aromatic rings. The van der Waals surface area contributed by atoms with Crippen LogP contribution in [0.5, 0.6) is 0 Å². The molecule has 1 saturated carbocycles. The Morgan fingerprint density at radius 2 is 2.13 bits per heavy atom. The van der Waals surface area contributed by atoms with Crippen LogP contribution in [0.15, 0.2) is 0 Å². The van der Waals surface area contributed by atoms with E-state index in [2.05, 4.69) is 6.92 Å². The molecule has 2 rings (SSSR count). The van der Waals surface area contributed by atoms with Crippen molar-refractivity contribution in [3.63, 3.8) is 0 Å². The van der Waals surface area contributed by atoms with Gasteiger partial charge < -0.3 is 14.6 Å². The van der Waals surface area contributed by atoms with Crippen LogP contribution in [0, 0.1) is 5.92 Å². The van der Waals surface area contributed by atoms with E-state index in [-0.39, 0.29) is 12.2 Å². The maximum Gasteiger partial charge on any atom is 0.107 e. The maximum absolute atomic E-state index is 9.76. The summed E-state index contributed by atoms with van der Waals surface area (Å²) in [5.41, 5.74) is 0. The Kier molecular flexibility index (Phi) is 4.00. The molecular formula is C12H22O3. The Hall–Kier alpha value is -0.120. The lowest BCUT2D eigenvalue weighted by molar-refractivity contribution is -0.149. The number of aliphatic hydroxyl groups is 1. The SMILES string of the molecule is CC1CCCC(OC2COCCC2O)C1. The maximum atomic E-state index is 9.76. The van der Waals surface area contributed by atoms with E-state index in [9.17, 15) is 5.11 Å². The van der Waals surface area contributed by atoms with Crippen LogP contribution < -0.4 is 0 Å². The van der Waals surface area contributed by atoms with Crippen LogP contribution in [0.25, 0.3) is 0 Å². The van der Waals surface area contributed by atoms with E-state index >= 15 is 0 Å². The van der Waals surface area contributed by atoms with Gasteiger partial charge in [0.25, 0.3) is 0 Å². The second-order valence-electron chi connectivity index (χ2n) is 5.00. The zero-order valence-electron chi connectivity index (χ0n) is 9.52. The Morgan fingerprint density at radius 3 is 2.87 bits per heavy atom. The smallest absolute Gasteiger partial charge is 0.107 e. The molecule has 0 aromatic carbocycles. The molecule has 2 fully saturated rings. The number of rotatable bonds is 2. The van der Waals surface area contributed by atoms with Gasteiger partial charge in [0.15, 0.2) is 0 Å². The fourth-order valence-electron chi connectivity index (χ4n) is 2.58. The predicted octanol–water partition coefficient (Wildman–Crippen LogP) is 1.73. The van der Waals surface area contributed by atoms with Crippen molar-refractivity contribution >= 4 is 0 Å². The minimum atomic E-state index is -0.323. The zero-order valence-corrected chi connectivity index (χ0v) is 9.52. The summed E-state index contributed by atoms with van der Waals surface area (Å²) in [5, 5.41) is 9.76. The lowest BCUT2D eigenvalue weighted by atomic mass is 9.88. The highest BCUT2D eigenvalue weighted by Gasteiger charge is 2.29. The molecule has 1 saturated heterocycles.